The molecule has 0 fully saturated rings. The Morgan fingerprint density at radius 3 is 2.59 bits per heavy atom. The molecule has 1 atom stereocenters. The second kappa shape index (κ2) is 7.62. The van der Waals surface area contributed by atoms with E-state index in [4.69, 9.17) is 4.74 Å². The highest BCUT2D eigenvalue weighted by Gasteiger charge is 2.21. The maximum atomic E-state index is 12.1. The summed E-state index contributed by atoms with van der Waals surface area (Å²) in [5, 5.41) is 0. The maximum Gasteiger partial charge on any atom is 0.166 e. The van der Waals surface area contributed by atoms with Gasteiger partial charge in [0.15, 0.2) is 5.78 Å². The van der Waals surface area contributed by atoms with Crippen molar-refractivity contribution >= 4 is 21.7 Å². The summed E-state index contributed by atoms with van der Waals surface area (Å²) < 4.78 is 6.63. The van der Waals surface area contributed by atoms with Crippen molar-refractivity contribution in [2.45, 2.75) is 39.2 Å². The van der Waals surface area contributed by atoms with Gasteiger partial charge < -0.3 is 4.74 Å². The minimum atomic E-state index is -0.425. The summed E-state index contributed by atoms with van der Waals surface area (Å²) in [4.78, 5) is 12.1. The monoisotopic (exact) mass is 298 g/mol. The van der Waals surface area contributed by atoms with E-state index in [1.165, 1.54) is 0 Å². The van der Waals surface area contributed by atoms with Crippen molar-refractivity contribution in [3.05, 3.63) is 34.3 Å². The fraction of sp³-hybridized carbons (Fsp3) is 0.500. The lowest BCUT2D eigenvalue weighted by Gasteiger charge is -2.18. The van der Waals surface area contributed by atoms with Gasteiger partial charge >= 0.3 is 0 Å². The predicted octanol–water partition coefficient (Wildman–Crippen LogP) is 4.29. The molecule has 0 aliphatic heterocycles. The number of rotatable bonds is 7. The van der Waals surface area contributed by atoms with Crippen molar-refractivity contribution in [2.24, 2.45) is 0 Å². The van der Waals surface area contributed by atoms with Gasteiger partial charge in [0.05, 0.1) is 0 Å². The SMILES string of the molecule is CCCOC(C(=O)CCC)c1ccccc1Br. The zero-order valence-electron chi connectivity index (χ0n) is 10.4. The third kappa shape index (κ3) is 4.25. The summed E-state index contributed by atoms with van der Waals surface area (Å²) in [5.74, 6) is 0.160. The Labute approximate surface area is 111 Å². The van der Waals surface area contributed by atoms with Crippen LogP contribution in [0.4, 0.5) is 0 Å². The quantitative estimate of drug-likeness (QED) is 0.751. The largest absolute Gasteiger partial charge is 0.366 e. The van der Waals surface area contributed by atoms with Gasteiger partial charge in [0.25, 0.3) is 0 Å². The molecule has 1 aromatic rings. The average molecular weight is 299 g/mol. The van der Waals surface area contributed by atoms with Gasteiger partial charge in [0.2, 0.25) is 0 Å². The van der Waals surface area contributed by atoms with E-state index in [0.29, 0.717) is 13.0 Å². The van der Waals surface area contributed by atoms with E-state index in [0.717, 1.165) is 22.9 Å². The van der Waals surface area contributed by atoms with Crippen LogP contribution in [0.15, 0.2) is 28.7 Å². The van der Waals surface area contributed by atoms with E-state index in [1.807, 2.05) is 38.1 Å². The molecule has 0 bridgehead atoms. The van der Waals surface area contributed by atoms with Gasteiger partial charge in [-0.15, -0.1) is 0 Å². The van der Waals surface area contributed by atoms with Crippen LogP contribution in [-0.2, 0) is 9.53 Å². The van der Waals surface area contributed by atoms with Crippen LogP contribution in [0.2, 0.25) is 0 Å². The van der Waals surface area contributed by atoms with Crippen LogP contribution >= 0.6 is 15.9 Å². The molecule has 0 aliphatic rings. The highest BCUT2D eigenvalue weighted by molar-refractivity contribution is 9.10. The Kier molecular flexibility index (Phi) is 6.45. The Morgan fingerprint density at radius 1 is 1.29 bits per heavy atom. The summed E-state index contributed by atoms with van der Waals surface area (Å²) >= 11 is 3.48. The number of Topliss-reactive ketones (excluding diaryl/α,β-unsaturated/α-hetero) is 1. The minimum Gasteiger partial charge on any atom is -0.366 e. The zero-order valence-corrected chi connectivity index (χ0v) is 12.0. The fourth-order valence-corrected chi connectivity index (χ4v) is 2.15. The normalized spacial score (nSPS) is 12.4. The van der Waals surface area contributed by atoms with Crippen LogP contribution < -0.4 is 0 Å². The molecule has 94 valence electrons. The molecule has 1 unspecified atom stereocenters. The number of ketones is 1. The van der Waals surface area contributed by atoms with Crippen molar-refractivity contribution in [1.82, 2.24) is 0 Å². The molecule has 0 saturated carbocycles. The summed E-state index contributed by atoms with van der Waals surface area (Å²) in [6, 6.07) is 7.76. The van der Waals surface area contributed by atoms with Gasteiger partial charge in [-0.3, -0.25) is 4.79 Å². The van der Waals surface area contributed by atoms with Crippen molar-refractivity contribution in [3.63, 3.8) is 0 Å². The molecule has 0 radical (unpaired) electrons. The van der Waals surface area contributed by atoms with Crippen LogP contribution in [0.3, 0.4) is 0 Å². The molecule has 3 heteroatoms. The van der Waals surface area contributed by atoms with Gasteiger partial charge in [-0.05, 0) is 18.9 Å². The van der Waals surface area contributed by atoms with Crippen molar-refractivity contribution in [3.8, 4) is 0 Å². The van der Waals surface area contributed by atoms with Crippen LogP contribution in [-0.4, -0.2) is 12.4 Å². The summed E-state index contributed by atoms with van der Waals surface area (Å²) in [5.41, 5.74) is 0.930. The van der Waals surface area contributed by atoms with E-state index in [2.05, 4.69) is 15.9 Å². The molecular formula is C14H19BrO2. The molecule has 0 N–H and O–H groups in total. The lowest BCUT2D eigenvalue weighted by atomic mass is 10.0. The first-order valence-corrected chi connectivity index (χ1v) is 6.88. The summed E-state index contributed by atoms with van der Waals surface area (Å²) in [6.07, 6.45) is 1.91. The Balaban J connectivity index is 2.89. The summed E-state index contributed by atoms with van der Waals surface area (Å²) in [7, 11) is 0. The van der Waals surface area contributed by atoms with E-state index in [9.17, 15) is 4.79 Å². The first kappa shape index (κ1) is 14.4. The molecule has 0 spiro atoms. The molecule has 0 amide bonds. The number of carbonyl (C=O) groups is 1. The molecule has 1 aromatic carbocycles. The Morgan fingerprint density at radius 2 is 2.00 bits per heavy atom. The molecule has 0 aromatic heterocycles. The van der Waals surface area contributed by atoms with E-state index in [-0.39, 0.29) is 5.78 Å². The summed E-state index contributed by atoms with van der Waals surface area (Å²) in [6.45, 7) is 4.66. The second-order valence-electron chi connectivity index (χ2n) is 3.99. The van der Waals surface area contributed by atoms with Crippen LogP contribution in [0.25, 0.3) is 0 Å². The van der Waals surface area contributed by atoms with E-state index < -0.39 is 6.10 Å². The number of hydrogen-bond acceptors (Lipinski definition) is 2. The van der Waals surface area contributed by atoms with Crippen LogP contribution in [0.1, 0.15) is 44.8 Å². The molecule has 17 heavy (non-hydrogen) atoms. The lowest BCUT2D eigenvalue weighted by molar-refractivity contribution is -0.131. The number of hydrogen-bond donors (Lipinski definition) is 0. The fourth-order valence-electron chi connectivity index (χ4n) is 1.66. The van der Waals surface area contributed by atoms with E-state index in [1.54, 1.807) is 0 Å². The third-order valence-electron chi connectivity index (χ3n) is 2.47. The molecular weight excluding hydrogens is 280 g/mol. The number of halogens is 1. The van der Waals surface area contributed by atoms with Gasteiger partial charge in [-0.2, -0.15) is 0 Å². The highest BCUT2D eigenvalue weighted by Crippen LogP contribution is 2.27. The average Bonchev–Trinajstić information content (AvgIpc) is 2.32. The molecule has 2 nitrogen and oxygen atoms in total. The molecule has 0 aliphatic carbocycles. The molecule has 1 rings (SSSR count). The van der Waals surface area contributed by atoms with Crippen molar-refractivity contribution in [2.75, 3.05) is 6.61 Å². The standard InChI is InChI=1S/C14H19BrO2/c1-3-7-13(16)14(17-10-4-2)11-8-5-6-9-12(11)15/h5-6,8-9,14H,3-4,7,10H2,1-2H3. The third-order valence-corrected chi connectivity index (χ3v) is 3.19. The van der Waals surface area contributed by atoms with Crippen LogP contribution in [0, 0.1) is 0 Å². The number of ether oxygens (including phenoxy) is 1. The van der Waals surface area contributed by atoms with Gasteiger partial charge in [-0.25, -0.2) is 0 Å². The predicted molar refractivity (Wildman–Crippen MR) is 73.0 cm³/mol. The lowest BCUT2D eigenvalue weighted by Crippen LogP contribution is -2.17. The smallest absolute Gasteiger partial charge is 0.166 e. The topological polar surface area (TPSA) is 26.3 Å². The first-order chi connectivity index (χ1) is 8.20. The Hall–Kier alpha value is -0.670. The first-order valence-electron chi connectivity index (χ1n) is 6.09. The van der Waals surface area contributed by atoms with Gasteiger partial charge in [0.1, 0.15) is 6.10 Å². The molecule has 0 heterocycles. The van der Waals surface area contributed by atoms with Crippen molar-refractivity contribution in [1.29, 1.82) is 0 Å². The van der Waals surface area contributed by atoms with E-state index >= 15 is 0 Å². The Bertz CT molecular complexity index is 363. The molecule has 0 saturated heterocycles. The maximum absolute atomic E-state index is 12.1. The highest BCUT2D eigenvalue weighted by atomic mass is 79.9. The zero-order chi connectivity index (χ0) is 12.7. The number of carbonyl (C=O) groups excluding carboxylic acids is 1. The van der Waals surface area contributed by atoms with Crippen molar-refractivity contribution < 1.29 is 9.53 Å². The van der Waals surface area contributed by atoms with Gasteiger partial charge in [-0.1, -0.05) is 48.0 Å². The number of benzene rings is 1. The second-order valence-corrected chi connectivity index (χ2v) is 4.84. The van der Waals surface area contributed by atoms with Gasteiger partial charge in [0, 0.05) is 23.1 Å². The van der Waals surface area contributed by atoms with Crippen LogP contribution in [0.5, 0.6) is 0 Å². The minimum absolute atomic E-state index is 0.160.